The fourth-order valence-electron chi connectivity index (χ4n) is 2.95. The maximum Gasteiger partial charge on any atom is 0.246 e. The highest BCUT2D eigenvalue weighted by atomic mass is 32.2. The predicted molar refractivity (Wildman–Crippen MR) is 72.8 cm³/mol. The number of aromatic nitrogens is 3. The van der Waals surface area contributed by atoms with E-state index in [4.69, 9.17) is 4.74 Å². The summed E-state index contributed by atoms with van der Waals surface area (Å²) in [4.78, 5) is -0.313. The highest BCUT2D eigenvalue weighted by Gasteiger charge is 2.44. The molecule has 7 nitrogen and oxygen atoms in total. The van der Waals surface area contributed by atoms with Gasteiger partial charge in [0.15, 0.2) is 0 Å². The Morgan fingerprint density at radius 3 is 2.91 bits per heavy atom. The van der Waals surface area contributed by atoms with Crippen molar-refractivity contribution in [3.63, 3.8) is 0 Å². The number of benzene rings is 1. The summed E-state index contributed by atoms with van der Waals surface area (Å²) < 4.78 is 47.7. The molecule has 0 aliphatic carbocycles. The fraction of sp³-hybridized carbons (Fsp3) is 0.385. The minimum Gasteiger partial charge on any atom is -0.368 e. The van der Waals surface area contributed by atoms with Gasteiger partial charge in [0.2, 0.25) is 10.0 Å². The molecule has 0 saturated carbocycles. The second-order valence-electron chi connectivity index (χ2n) is 5.34. The Hall–Kier alpha value is -1.84. The maximum absolute atomic E-state index is 13.8. The molecule has 1 aromatic heterocycles. The first-order valence-corrected chi connectivity index (χ1v) is 8.27. The van der Waals surface area contributed by atoms with Crippen molar-refractivity contribution >= 4 is 10.0 Å². The van der Waals surface area contributed by atoms with Crippen LogP contribution in [0.5, 0.6) is 0 Å². The van der Waals surface area contributed by atoms with Crippen LogP contribution in [0.3, 0.4) is 0 Å². The molecule has 2 atom stereocenters. The van der Waals surface area contributed by atoms with Crippen LogP contribution in [0.4, 0.5) is 4.39 Å². The van der Waals surface area contributed by atoms with Gasteiger partial charge < -0.3 is 4.74 Å². The number of hydrogen-bond acceptors (Lipinski definition) is 5. The Labute approximate surface area is 126 Å². The van der Waals surface area contributed by atoms with Crippen molar-refractivity contribution < 1.29 is 17.5 Å². The summed E-state index contributed by atoms with van der Waals surface area (Å²) in [5, 5.41) is 7.83. The molecule has 1 aromatic carbocycles. The van der Waals surface area contributed by atoms with Crippen molar-refractivity contribution in [3.8, 4) is 0 Å². The van der Waals surface area contributed by atoms with E-state index in [2.05, 4.69) is 10.3 Å². The monoisotopic (exact) mass is 324 g/mol. The molecule has 0 unspecified atom stereocenters. The van der Waals surface area contributed by atoms with Crippen molar-refractivity contribution in [3.05, 3.63) is 42.0 Å². The van der Waals surface area contributed by atoms with E-state index >= 15 is 0 Å². The van der Waals surface area contributed by atoms with Gasteiger partial charge in [0, 0.05) is 13.1 Å². The Balaban J connectivity index is 1.68. The number of sulfonamides is 1. The summed E-state index contributed by atoms with van der Waals surface area (Å²) in [6, 6.07) is 5.15. The third-order valence-corrected chi connectivity index (χ3v) is 5.93. The minimum atomic E-state index is -3.90. The van der Waals surface area contributed by atoms with Crippen LogP contribution >= 0.6 is 0 Å². The lowest BCUT2D eigenvalue weighted by Crippen LogP contribution is -2.32. The molecule has 4 rings (SSSR count). The maximum atomic E-state index is 13.8. The lowest BCUT2D eigenvalue weighted by Gasteiger charge is -2.25. The molecule has 9 heteroatoms. The average molecular weight is 324 g/mol. The summed E-state index contributed by atoms with van der Waals surface area (Å²) in [5.41, 5.74) is 0.811. The van der Waals surface area contributed by atoms with E-state index in [0.717, 1.165) is 11.8 Å². The fourth-order valence-corrected chi connectivity index (χ4v) is 4.49. The van der Waals surface area contributed by atoms with E-state index in [1.54, 1.807) is 10.9 Å². The second-order valence-corrected chi connectivity index (χ2v) is 7.25. The molecular weight excluding hydrogens is 311 g/mol. The summed E-state index contributed by atoms with van der Waals surface area (Å²) in [7, 11) is -3.90. The quantitative estimate of drug-likeness (QED) is 0.807. The topological polar surface area (TPSA) is 77.3 Å². The van der Waals surface area contributed by atoms with Gasteiger partial charge in [-0.2, -0.15) is 4.31 Å². The molecule has 2 aromatic rings. The van der Waals surface area contributed by atoms with Gasteiger partial charge in [0.25, 0.3) is 0 Å². The molecule has 22 heavy (non-hydrogen) atoms. The number of hydrogen-bond donors (Lipinski definition) is 0. The zero-order valence-corrected chi connectivity index (χ0v) is 12.3. The first-order valence-electron chi connectivity index (χ1n) is 6.83. The molecule has 0 amide bonds. The summed E-state index contributed by atoms with van der Waals surface area (Å²) in [6.07, 6.45) is 1.31. The molecule has 2 aliphatic heterocycles. The highest BCUT2D eigenvalue weighted by Crippen LogP contribution is 2.33. The van der Waals surface area contributed by atoms with Crippen LogP contribution in [0.1, 0.15) is 11.7 Å². The van der Waals surface area contributed by atoms with Crippen LogP contribution < -0.4 is 0 Å². The van der Waals surface area contributed by atoms with E-state index in [1.807, 2.05) is 0 Å². The SMILES string of the molecule is O=S(=O)(c1ccccc1F)N1C[C@@H]2[C@@H](C1)OCc1cnnn12. The van der Waals surface area contributed by atoms with Crippen molar-refractivity contribution in [2.75, 3.05) is 13.1 Å². The van der Waals surface area contributed by atoms with Crippen LogP contribution in [0.2, 0.25) is 0 Å². The van der Waals surface area contributed by atoms with E-state index in [1.165, 1.54) is 22.5 Å². The van der Waals surface area contributed by atoms with E-state index in [0.29, 0.717) is 6.61 Å². The number of ether oxygens (including phenoxy) is 1. The Morgan fingerprint density at radius 1 is 1.27 bits per heavy atom. The number of rotatable bonds is 2. The molecule has 1 saturated heterocycles. The van der Waals surface area contributed by atoms with Gasteiger partial charge in [-0.3, -0.25) is 0 Å². The number of nitrogens with zero attached hydrogens (tertiary/aromatic N) is 4. The second kappa shape index (κ2) is 4.83. The normalized spacial score (nSPS) is 25.0. The lowest BCUT2D eigenvalue weighted by atomic mass is 10.2. The zero-order chi connectivity index (χ0) is 15.3. The van der Waals surface area contributed by atoms with Crippen molar-refractivity contribution in [1.82, 2.24) is 19.3 Å². The van der Waals surface area contributed by atoms with Crippen molar-refractivity contribution in [1.29, 1.82) is 0 Å². The van der Waals surface area contributed by atoms with Crippen LogP contribution in [0.15, 0.2) is 35.4 Å². The summed E-state index contributed by atoms with van der Waals surface area (Å²) in [6.45, 7) is 0.722. The Bertz CT molecular complexity index is 822. The average Bonchev–Trinajstić information content (AvgIpc) is 3.13. The Morgan fingerprint density at radius 2 is 2.09 bits per heavy atom. The van der Waals surface area contributed by atoms with E-state index in [9.17, 15) is 12.8 Å². The molecule has 116 valence electrons. The van der Waals surface area contributed by atoms with Gasteiger partial charge in [-0.05, 0) is 12.1 Å². The molecule has 1 fully saturated rings. The van der Waals surface area contributed by atoms with E-state index < -0.39 is 15.8 Å². The van der Waals surface area contributed by atoms with Crippen LogP contribution in [0, 0.1) is 5.82 Å². The first kappa shape index (κ1) is 13.8. The van der Waals surface area contributed by atoms with Crippen LogP contribution in [-0.2, 0) is 21.4 Å². The highest BCUT2D eigenvalue weighted by molar-refractivity contribution is 7.89. The minimum absolute atomic E-state index is 0.181. The van der Waals surface area contributed by atoms with Gasteiger partial charge >= 0.3 is 0 Å². The summed E-state index contributed by atoms with van der Waals surface area (Å²) >= 11 is 0. The summed E-state index contributed by atoms with van der Waals surface area (Å²) in [5.74, 6) is -0.750. The van der Waals surface area contributed by atoms with Gasteiger partial charge in [0.05, 0.1) is 30.6 Å². The molecule has 3 heterocycles. The van der Waals surface area contributed by atoms with Crippen molar-refractivity contribution in [2.45, 2.75) is 23.6 Å². The van der Waals surface area contributed by atoms with Crippen LogP contribution in [0.25, 0.3) is 0 Å². The smallest absolute Gasteiger partial charge is 0.246 e. The third-order valence-electron chi connectivity index (χ3n) is 4.07. The Kier molecular flexibility index (Phi) is 3.03. The lowest BCUT2D eigenvalue weighted by molar-refractivity contribution is -0.00390. The molecular formula is C13H13FN4O3S. The van der Waals surface area contributed by atoms with Gasteiger partial charge in [-0.25, -0.2) is 17.5 Å². The molecule has 0 radical (unpaired) electrons. The standard InChI is InChI=1S/C13H13FN4O3S/c14-10-3-1-2-4-13(10)22(19,20)17-6-11-12(7-17)21-8-9-5-15-16-18(9)11/h1-5,11-12H,6-8H2/t11-,12-/m1/s1. The predicted octanol–water partition coefficient (Wildman–Crippen LogP) is 0.562. The molecule has 0 bridgehead atoms. The van der Waals surface area contributed by atoms with Gasteiger partial charge in [-0.1, -0.05) is 17.3 Å². The van der Waals surface area contributed by atoms with Gasteiger partial charge in [0.1, 0.15) is 10.7 Å². The molecule has 0 N–H and O–H groups in total. The van der Waals surface area contributed by atoms with Crippen molar-refractivity contribution in [2.24, 2.45) is 0 Å². The molecule has 2 aliphatic rings. The first-order chi connectivity index (χ1) is 10.6. The number of halogens is 1. The largest absolute Gasteiger partial charge is 0.368 e. The van der Waals surface area contributed by atoms with E-state index in [-0.39, 0.29) is 30.1 Å². The van der Waals surface area contributed by atoms with Gasteiger partial charge in [-0.15, -0.1) is 5.10 Å². The van der Waals surface area contributed by atoms with Crippen LogP contribution in [-0.4, -0.2) is 46.9 Å². The number of fused-ring (bicyclic) bond motifs is 3. The zero-order valence-electron chi connectivity index (χ0n) is 11.5. The molecule has 0 spiro atoms. The third kappa shape index (κ3) is 1.97.